The summed E-state index contributed by atoms with van der Waals surface area (Å²) in [6.07, 6.45) is -3.89. The van der Waals surface area contributed by atoms with Gasteiger partial charge < -0.3 is 0 Å². The molecule has 0 saturated carbocycles. The Morgan fingerprint density at radius 3 is 2.45 bits per heavy atom. The predicted molar refractivity (Wildman–Crippen MR) is 73.5 cm³/mol. The molecule has 0 aromatic carbocycles. The lowest BCUT2D eigenvalue weighted by Gasteiger charge is -2.09. The number of alkyl halides is 3. The molecule has 0 aliphatic carbocycles. The summed E-state index contributed by atoms with van der Waals surface area (Å²) in [7, 11) is 0. The van der Waals surface area contributed by atoms with Crippen LogP contribution in [-0.2, 0) is 6.18 Å². The van der Waals surface area contributed by atoms with E-state index in [9.17, 15) is 23.2 Å². The number of hydrogen-bond acceptors (Lipinski definition) is 5. The molecule has 0 aliphatic rings. The highest BCUT2D eigenvalue weighted by molar-refractivity contribution is 7.13. The normalized spacial score (nSPS) is 12.7. The van der Waals surface area contributed by atoms with Crippen LogP contribution in [0.15, 0.2) is 18.3 Å². The zero-order valence-corrected chi connectivity index (χ0v) is 12.4. The van der Waals surface area contributed by atoms with Gasteiger partial charge in [-0.25, -0.2) is 4.98 Å². The van der Waals surface area contributed by atoms with E-state index >= 15 is 0 Å². The number of aromatic nitrogens is 2. The molecule has 0 bridgehead atoms. The summed E-state index contributed by atoms with van der Waals surface area (Å²) in [4.78, 5) is 20.4. The monoisotopic (exact) mass is 325 g/mol. The number of nitriles is 1. The van der Waals surface area contributed by atoms with Gasteiger partial charge in [0.25, 0.3) is 0 Å². The lowest BCUT2D eigenvalue weighted by atomic mass is 9.99. The van der Waals surface area contributed by atoms with Crippen molar-refractivity contribution in [2.45, 2.75) is 25.9 Å². The summed E-state index contributed by atoms with van der Waals surface area (Å²) >= 11 is 1.15. The highest BCUT2D eigenvalue weighted by Crippen LogP contribution is 2.30. The summed E-state index contributed by atoms with van der Waals surface area (Å²) in [6, 6.07) is 3.66. The van der Waals surface area contributed by atoms with E-state index in [1.165, 1.54) is 0 Å². The number of aryl methyl sites for hydroxylation is 2. The Balaban J connectivity index is 2.35. The van der Waals surface area contributed by atoms with Gasteiger partial charge in [0.2, 0.25) is 0 Å². The smallest absolute Gasteiger partial charge is 0.291 e. The molecule has 0 fully saturated rings. The number of halogens is 3. The third-order valence-corrected chi connectivity index (χ3v) is 4.02. The van der Waals surface area contributed by atoms with E-state index in [-0.39, 0.29) is 5.69 Å². The van der Waals surface area contributed by atoms with Crippen LogP contribution in [-0.4, -0.2) is 15.8 Å². The lowest BCUT2D eigenvalue weighted by molar-refractivity contribution is -0.137. The number of Topliss-reactive ketones (excluding diaryl/α,β-unsaturated/α-hetero) is 1. The number of ketones is 1. The van der Waals surface area contributed by atoms with Crippen molar-refractivity contribution in [1.82, 2.24) is 9.97 Å². The van der Waals surface area contributed by atoms with Gasteiger partial charge in [0.1, 0.15) is 0 Å². The van der Waals surface area contributed by atoms with E-state index in [4.69, 9.17) is 0 Å². The molecular weight excluding hydrogens is 315 g/mol. The largest absolute Gasteiger partial charge is 0.417 e. The molecule has 0 saturated heterocycles. The SMILES string of the molecule is Cc1nc(C)c(C(=O)C(C#N)c2ccc(C(F)(F)F)cn2)s1. The number of thiazole rings is 1. The van der Waals surface area contributed by atoms with Crippen LogP contribution in [0.25, 0.3) is 0 Å². The number of rotatable bonds is 3. The maximum absolute atomic E-state index is 12.5. The third kappa shape index (κ3) is 3.14. The number of hydrogen-bond donors (Lipinski definition) is 0. The van der Waals surface area contributed by atoms with Crippen LogP contribution in [0.1, 0.15) is 37.5 Å². The van der Waals surface area contributed by atoms with E-state index < -0.39 is 23.4 Å². The van der Waals surface area contributed by atoms with Gasteiger partial charge in [-0.05, 0) is 26.0 Å². The van der Waals surface area contributed by atoms with Crippen LogP contribution in [0, 0.1) is 25.2 Å². The zero-order valence-electron chi connectivity index (χ0n) is 11.6. The summed E-state index contributed by atoms with van der Waals surface area (Å²) in [5.41, 5.74) is -0.434. The molecule has 0 spiro atoms. The van der Waals surface area contributed by atoms with Gasteiger partial charge in [0.15, 0.2) is 11.7 Å². The molecule has 2 aromatic heterocycles. The molecule has 0 radical (unpaired) electrons. The van der Waals surface area contributed by atoms with Gasteiger partial charge in [0.05, 0.1) is 32.9 Å². The van der Waals surface area contributed by atoms with Gasteiger partial charge in [-0.2, -0.15) is 18.4 Å². The zero-order chi connectivity index (χ0) is 16.5. The molecule has 0 N–H and O–H groups in total. The molecule has 8 heteroatoms. The van der Waals surface area contributed by atoms with E-state index in [2.05, 4.69) is 9.97 Å². The van der Waals surface area contributed by atoms with Crippen molar-refractivity contribution in [1.29, 1.82) is 5.26 Å². The molecule has 2 aromatic rings. The van der Waals surface area contributed by atoms with Gasteiger partial charge in [0, 0.05) is 6.20 Å². The Bertz CT molecular complexity index is 744. The molecule has 0 amide bonds. The number of nitrogens with zero attached hydrogens (tertiary/aromatic N) is 3. The Labute approximate surface area is 128 Å². The first-order chi connectivity index (χ1) is 10.2. The molecule has 2 heterocycles. The molecule has 4 nitrogen and oxygen atoms in total. The van der Waals surface area contributed by atoms with Gasteiger partial charge in [-0.1, -0.05) is 0 Å². The fourth-order valence-electron chi connectivity index (χ4n) is 1.89. The van der Waals surface area contributed by atoms with Crippen LogP contribution < -0.4 is 0 Å². The Morgan fingerprint density at radius 1 is 1.36 bits per heavy atom. The number of carbonyl (C=O) groups excluding carboxylic acids is 1. The highest BCUT2D eigenvalue weighted by Gasteiger charge is 2.32. The minimum absolute atomic E-state index is 0.00838. The molecule has 2 rings (SSSR count). The Hall–Kier alpha value is -2.27. The van der Waals surface area contributed by atoms with Crippen molar-refractivity contribution in [3.63, 3.8) is 0 Å². The maximum atomic E-state index is 12.5. The first-order valence-electron chi connectivity index (χ1n) is 6.15. The van der Waals surface area contributed by atoms with Gasteiger partial charge in [-0.15, -0.1) is 11.3 Å². The Morgan fingerprint density at radius 2 is 2.05 bits per heavy atom. The Kier molecular flexibility index (Phi) is 4.28. The van der Waals surface area contributed by atoms with E-state index in [1.807, 2.05) is 0 Å². The molecule has 1 atom stereocenters. The molecule has 0 aliphatic heterocycles. The van der Waals surface area contributed by atoms with Crippen molar-refractivity contribution < 1.29 is 18.0 Å². The summed E-state index contributed by atoms with van der Waals surface area (Å²) < 4.78 is 37.5. The molecule has 22 heavy (non-hydrogen) atoms. The van der Waals surface area contributed by atoms with Crippen LogP contribution in [0.3, 0.4) is 0 Å². The molecule has 114 valence electrons. The molecule has 1 unspecified atom stereocenters. The quantitative estimate of drug-likeness (QED) is 0.808. The standard InChI is InChI=1S/C14H10F3N3OS/c1-7-13(22-8(2)20-7)12(21)10(5-18)11-4-3-9(6-19-11)14(15,16)17/h3-4,6,10H,1-2H3. The van der Waals surface area contributed by atoms with Crippen LogP contribution in [0.4, 0.5) is 13.2 Å². The minimum atomic E-state index is -4.51. The topological polar surface area (TPSA) is 66.6 Å². The van der Waals surface area contributed by atoms with E-state index in [1.54, 1.807) is 19.9 Å². The maximum Gasteiger partial charge on any atom is 0.417 e. The van der Waals surface area contributed by atoms with Crippen LogP contribution in [0.5, 0.6) is 0 Å². The molecular formula is C14H10F3N3OS. The summed E-state index contributed by atoms with van der Waals surface area (Å²) in [5.74, 6) is -1.75. The number of pyridine rings is 1. The average Bonchev–Trinajstić information content (AvgIpc) is 2.78. The van der Waals surface area contributed by atoms with Crippen LogP contribution >= 0.6 is 11.3 Å². The third-order valence-electron chi connectivity index (χ3n) is 2.93. The highest BCUT2D eigenvalue weighted by atomic mass is 32.1. The summed E-state index contributed by atoms with van der Waals surface area (Å²) in [6.45, 7) is 3.37. The van der Waals surface area contributed by atoms with Crippen molar-refractivity contribution in [3.05, 3.63) is 45.2 Å². The van der Waals surface area contributed by atoms with Crippen molar-refractivity contribution >= 4 is 17.1 Å². The summed E-state index contributed by atoms with van der Waals surface area (Å²) in [5, 5.41) is 9.87. The van der Waals surface area contributed by atoms with Crippen molar-refractivity contribution in [2.24, 2.45) is 0 Å². The fourth-order valence-corrected chi connectivity index (χ4v) is 2.78. The fraction of sp³-hybridized carbons (Fsp3) is 0.286. The van der Waals surface area contributed by atoms with E-state index in [0.717, 1.165) is 23.5 Å². The second-order valence-corrected chi connectivity index (χ2v) is 5.75. The second-order valence-electron chi connectivity index (χ2n) is 4.54. The van der Waals surface area contributed by atoms with Gasteiger partial charge >= 0.3 is 6.18 Å². The second kappa shape index (κ2) is 5.85. The van der Waals surface area contributed by atoms with E-state index in [0.29, 0.717) is 21.8 Å². The first kappa shape index (κ1) is 16.1. The van der Waals surface area contributed by atoms with Crippen molar-refractivity contribution in [3.8, 4) is 6.07 Å². The van der Waals surface area contributed by atoms with Crippen molar-refractivity contribution in [2.75, 3.05) is 0 Å². The predicted octanol–water partition coefficient (Wildman–Crippen LogP) is 3.66. The lowest BCUT2D eigenvalue weighted by Crippen LogP contribution is -2.14. The average molecular weight is 325 g/mol. The van der Waals surface area contributed by atoms with Crippen LogP contribution in [0.2, 0.25) is 0 Å². The minimum Gasteiger partial charge on any atom is -0.291 e. The first-order valence-corrected chi connectivity index (χ1v) is 6.96. The van der Waals surface area contributed by atoms with Gasteiger partial charge in [-0.3, -0.25) is 9.78 Å². The number of carbonyl (C=O) groups is 1.